The summed E-state index contributed by atoms with van der Waals surface area (Å²) in [7, 11) is 0. The lowest BCUT2D eigenvalue weighted by Crippen LogP contribution is -2.61. The van der Waals surface area contributed by atoms with Crippen molar-refractivity contribution >= 4 is 35.1 Å². The number of benzene rings is 4. The summed E-state index contributed by atoms with van der Waals surface area (Å²) in [6.45, 7) is -0.586. The van der Waals surface area contributed by atoms with E-state index in [1.54, 1.807) is 12.1 Å². The van der Waals surface area contributed by atoms with Crippen LogP contribution < -0.4 is 10.2 Å². The number of fused-ring (bicyclic) bond motifs is 1. The zero-order valence-electron chi connectivity index (χ0n) is 27.5. The highest BCUT2D eigenvalue weighted by molar-refractivity contribution is 5.88. The molecule has 0 aliphatic carbocycles. The zero-order chi connectivity index (χ0) is 37.6. The SMILES string of the molecule is O=C(/C=C/c1ccc(O)cc1)OC[C@H]1O[C@@H](Oc2cc(O)c3c(=O)cc(-c4ccc(O)cc4)oc3c2)[C@H](O)[C@@H](OC(=O)/C=C/c2ccc(O)cc2)[C@H]1O. The van der Waals surface area contributed by atoms with Gasteiger partial charge >= 0.3 is 11.9 Å². The van der Waals surface area contributed by atoms with Gasteiger partial charge in [-0.2, -0.15) is 0 Å². The molecule has 53 heavy (non-hydrogen) atoms. The number of aliphatic hydroxyl groups excluding tert-OH is 2. The number of carbonyl (C=O) groups excluding carboxylic acids is 2. The van der Waals surface area contributed by atoms with Crippen LogP contribution in [0.3, 0.4) is 0 Å². The molecule has 0 bridgehead atoms. The third-order valence-electron chi connectivity index (χ3n) is 8.08. The summed E-state index contributed by atoms with van der Waals surface area (Å²) < 4.78 is 28.2. The second-order valence-electron chi connectivity index (χ2n) is 11.9. The lowest BCUT2D eigenvalue weighted by Gasteiger charge is -2.41. The number of rotatable bonds is 10. The Morgan fingerprint density at radius 2 is 1.28 bits per heavy atom. The lowest BCUT2D eigenvalue weighted by molar-refractivity contribution is -0.281. The second kappa shape index (κ2) is 15.7. The van der Waals surface area contributed by atoms with Crippen LogP contribution in [0.4, 0.5) is 0 Å². The Hall–Kier alpha value is -6.61. The van der Waals surface area contributed by atoms with Crippen molar-refractivity contribution in [1.29, 1.82) is 0 Å². The molecule has 0 amide bonds. The minimum Gasteiger partial charge on any atom is -0.508 e. The van der Waals surface area contributed by atoms with Crippen molar-refractivity contribution < 1.29 is 63.6 Å². The van der Waals surface area contributed by atoms with Gasteiger partial charge in [0.2, 0.25) is 6.29 Å². The average molecular weight is 725 g/mol. The van der Waals surface area contributed by atoms with Crippen LogP contribution in [0.5, 0.6) is 28.7 Å². The third kappa shape index (κ3) is 8.83. The Bertz CT molecular complexity index is 2210. The van der Waals surface area contributed by atoms with Gasteiger partial charge in [0.15, 0.2) is 17.6 Å². The molecule has 5 atom stereocenters. The van der Waals surface area contributed by atoms with E-state index in [4.69, 9.17) is 23.4 Å². The Kier molecular flexibility index (Phi) is 10.7. The predicted molar refractivity (Wildman–Crippen MR) is 188 cm³/mol. The molecule has 4 aromatic carbocycles. The minimum atomic E-state index is -1.84. The van der Waals surface area contributed by atoms with Gasteiger partial charge in [-0.1, -0.05) is 24.3 Å². The first-order valence-electron chi connectivity index (χ1n) is 16.0. The highest BCUT2D eigenvalue weighted by atomic mass is 16.7. The fourth-order valence-corrected chi connectivity index (χ4v) is 5.38. The van der Waals surface area contributed by atoms with Crippen molar-refractivity contribution in [3.05, 3.63) is 124 Å². The van der Waals surface area contributed by atoms with Crippen molar-refractivity contribution in [3.8, 4) is 40.1 Å². The fraction of sp³-hybridized carbons (Fsp3) is 0.154. The molecule has 0 saturated carbocycles. The summed E-state index contributed by atoms with van der Waals surface area (Å²) in [4.78, 5) is 38.3. The first-order valence-corrected chi connectivity index (χ1v) is 16.0. The number of aliphatic hydroxyl groups is 2. The fourth-order valence-electron chi connectivity index (χ4n) is 5.38. The molecule has 0 spiro atoms. The van der Waals surface area contributed by atoms with E-state index in [2.05, 4.69) is 0 Å². The predicted octanol–water partition coefficient (Wildman–Crippen LogP) is 3.99. The first-order chi connectivity index (χ1) is 25.4. The van der Waals surface area contributed by atoms with E-state index in [1.807, 2.05) is 0 Å². The molecule has 1 aliphatic heterocycles. The topological polar surface area (TPSA) is 223 Å². The number of ether oxygens (including phenoxy) is 4. The largest absolute Gasteiger partial charge is 0.508 e. The number of phenolic OH excluding ortho intramolecular Hbond substituents is 4. The van der Waals surface area contributed by atoms with Crippen LogP contribution in [0.15, 0.2) is 112 Å². The molecule has 1 saturated heterocycles. The molecule has 5 aromatic rings. The van der Waals surface area contributed by atoms with E-state index in [-0.39, 0.29) is 39.7 Å². The minimum absolute atomic E-state index is 0.00246. The van der Waals surface area contributed by atoms with Crippen LogP contribution in [0.1, 0.15) is 11.1 Å². The molecule has 6 rings (SSSR count). The summed E-state index contributed by atoms with van der Waals surface area (Å²) in [5, 5.41) is 61.6. The van der Waals surface area contributed by atoms with Gasteiger partial charge in [0, 0.05) is 35.9 Å². The van der Waals surface area contributed by atoms with Crippen molar-refractivity contribution in [2.45, 2.75) is 30.7 Å². The number of phenols is 4. The molecule has 0 radical (unpaired) electrons. The summed E-state index contributed by atoms with van der Waals surface area (Å²) in [5.41, 5.74) is 0.892. The molecule has 6 N–H and O–H groups in total. The molecule has 1 aromatic heterocycles. The van der Waals surface area contributed by atoms with E-state index in [0.717, 1.165) is 18.2 Å². The van der Waals surface area contributed by atoms with Gasteiger partial charge in [0.05, 0.1) is 0 Å². The first kappa shape index (κ1) is 36.2. The van der Waals surface area contributed by atoms with Crippen molar-refractivity contribution in [2.24, 2.45) is 0 Å². The molecule has 1 fully saturated rings. The Morgan fingerprint density at radius 1 is 0.717 bits per heavy atom. The van der Waals surface area contributed by atoms with Crippen LogP contribution in [0.25, 0.3) is 34.4 Å². The van der Waals surface area contributed by atoms with E-state index < -0.39 is 60.4 Å². The smallest absolute Gasteiger partial charge is 0.331 e. The van der Waals surface area contributed by atoms with Crippen molar-refractivity contribution in [3.63, 3.8) is 0 Å². The maximum atomic E-state index is 12.9. The molecular weight excluding hydrogens is 692 g/mol. The van der Waals surface area contributed by atoms with Gasteiger partial charge in [-0.3, -0.25) is 4.79 Å². The van der Waals surface area contributed by atoms with E-state index in [1.165, 1.54) is 84.9 Å². The number of esters is 2. The Morgan fingerprint density at radius 3 is 1.89 bits per heavy atom. The maximum Gasteiger partial charge on any atom is 0.331 e. The highest BCUT2D eigenvalue weighted by Crippen LogP contribution is 2.34. The quantitative estimate of drug-likeness (QED) is 0.0886. The number of hydrogen-bond donors (Lipinski definition) is 6. The van der Waals surface area contributed by atoms with Gasteiger partial charge in [0.1, 0.15) is 64.3 Å². The van der Waals surface area contributed by atoms with E-state index in [9.17, 15) is 45.0 Å². The zero-order valence-corrected chi connectivity index (χ0v) is 27.5. The van der Waals surface area contributed by atoms with Crippen LogP contribution in [0.2, 0.25) is 0 Å². The maximum absolute atomic E-state index is 12.9. The molecule has 0 unspecified atom stereocenters. The van der Waals surface area contributed by atoms with Crippen LogP contribution in [-0.2, 0) is 23.8 Å². The van der Waals surface area contributed by atoms with Crippen LogP contribution in [-0.4, -0.2) is 79.9 Å². The summed E-state index contributed by atoms with van der Waals surface area (Å²) in [6, 6.07) is 21.2. The number of hydrogen-bond acceptors (Lipinski definition) is 14. The number of aromatic hydroxyl groups is 4. The highest BCUT2D eigenvalue weighted by Gasteiger charge is 2.48. The summed E-state index contributed by atoms with van der Waals surface area (Å²) >= 11 is 0. The molecule has 2 heterocycles. The third-order valence-corrected chi connectivity index (χ3v) is 8.08. The van der Waals surface area contributed by atoms with Gasteiger partial charge in [0.25, 0.3) is 0 Å². The van der Waals surface area contributed by atoms with E-state index >= 15 is 0 Å². The molecular formula is C39H32O14. The van der Waals surface area contributed by atoms with Crippen molar-refractivity contribution in [1.82, 2.24) is 0 Å². The Labute approximate surface area is 300 Å². The van der Waals surface area contributed by atoms with Gasteiger partial charge in [-0.15, -0.1) is 0 Å². The molecule has 1 aliphatic rings. The van der Waals surface area contributed by atoms with E-state index in [0.29, 0.717) is 16.7 Å². The number of carbonyl (C=O) groups is 2. The second-order valence-corrected chi connectivity index (χ2v) is 11.9. The molecule has 272 valence electrons. The Balaban J connectivity index is 1.24. The monoisotopic (exact) mass is 724 g/mol. The van der Waals surface area contributed by atoms with Crippen LogP contribution in [0, 0.1) is 0 Å². The van der Waals surface area contributed by atoms with Crippen molar-refractivity contribution in [2.75, 3.05) is 6.61 Å². The lowest BCUT2D eigenvalue weighted by atomic mass is 9.99. The normalized spacial score (nSPS) is 20.1. The van der Waals surface area contributed by atoms with Gasteiger partial charge in [-0.05, 0) is 71.8 Å². The standard InChI is InChI=1S/C39H32O14/c40-24-9-1-21(2-10-24)5-15-33(45)49-20-32-36(47)38(53-34(46)16-6-22-3-11-25(41)12-4-22)37(48)39(52-32)50-27-17-28(43)35-29(44)19-30(51-31(35)18-27)23-7-13-26(42)14-8-23/h1-19,32,36-43,47-48H,20H2/b15-5+,16-6+/t32-,36+,37-,38+,39-/m1/s1. The van der Waals surface area contributed by atoms with Gasteiger partial charge < -0.3 is 54.0 Å². The summed E-state index contributed by atoms with van der Waals surface area (Å²) in [5.74, 6) is -2.31. The van der Waals surface area contributed by atoms with Crippen LogP contribution >= 0.6 is 0 Å². The summed E-state index contributed by atoms with van der Waals surface area (Å²) in [6.07, 6.45) is -3.42. The molecule has 14 nitrogen and oxygen atoms in total. The van der Waals surface area contributed by atoms with Gasteiger partial charge in [-0.25, -0.2) is 9.59 Å². The molecule has 14 heteroatoms. The average Bonchev–Trinajstić information content (AvgIpc) is 3.13.